The fourth-order valence-electron chi connectivity index (χ4n) is 4.26. The minimum atomic E-state index is -4.68. The zero-order valence-corrected chi connectivity index (χ0v) is 23.2. The molecule has 0 spiro atoms. The Morgan fingerprint density at radius 3 is 1.88 bits per heavy atom. The van der Waals surface area contributed by atoms with E-state index in [0.29, 0.717) is 30.0 Å². The van der Waals surface area contributed by atoms with Crippen molar-refractivity contribution in [3.8, 4) is 5.75 Å². The predicted octanol–water partition coefficient (Wildman–Crippen LogP) is 3.91. The summed E-state index contributed by atoms with van der Waals surface area (Å²) in [6, 6.07) is 22.9. The number of ether oxygens (including phenoxy) is 1. The molecule has 8 nitrogen and oxygen atoms in total. The molecule has 3 aromatic rings. The van der Waals surface area contributed by atoms with Gasteiger partial charge >= 0.3 is 6.18 Å². The van der Waals surface area contributed by atoms with E-state index < -0.39 is 36.2 Å². The zero-order valence-electron chi connectivity index (χ0n) is 23.2. The van der Waals surface area contributed by atoms with Gasteiger partial charge in [0.1, 0.15) is 12.2 Å². The van der Waals surface area contributed by atoms with Crippen LogP contribution in [0.3, 0.4) is 0 Å². The first-order chi connectivity index (χ1) is 20.1. The van der Waals surface area contributed by atoms with Crippen molar-refractivity contribution < 1.29 is 32.3 Å². The van der Waals surface area contributed by atoms with Crippen molar-refractivity contribution in [2.24, 2.45) is 5.73 Å². The molecule has 0 bridgehead atoms. The Bertz CT molecular complexity index is 1300. The molecule has 0 heterocycles. The maximum absolute atomic E-state index is 13.4. The van der Waals surface area contributed by atoms with Crippen LogP contribution < -0.4 is 26.4 Å². The van der Waals surface area contributed by atoms with Crippen molar-refractivity contribution in [3.05, 3.63) is 101 Å². The molecule has 0 unspecified atom stereocenters. The molecule has 3 aromatic carbocycles. The SMILES string of the molecule is CCOc1ccc([C@@H](CNC(=O)CC(F)(F)F)C(=O)NC[C@H](C(=O)NCc2ccc(CN)cc2)c2ccccc2)cc1. The Morgan fingerprint density at radius 2 is 1.31 bits per heavy atom. The lowest BCUT2D eigenvalue weighted by Crippen LogP contribution is -2.42. The summed E-state index contributed by atoms with van der Waals surface area (Å²) in [6.45, 7) is 2.48. The molecule has 0 aliphatic carbocycles. The van der Waals surface area contributed by atoms with E-state index in [0.717, 1.165) is 11.1 Å². The smallest absolute Gasteiger partial charge is 0.397 e. The monoisotopic (exact) mass is 584 g/mol. The fourth-order valence-corrected chi connectivity index (χ4v) is 4.26. The highest BCUT2D eigenvalue weighted by molar-refractivity contribution is 5.88. The molecule has 0 saturated carbocycles. The van der Waals surface area contributed by atoms with E-state index >= 15 is 0 Å². The van der Waals surface area contributed by atoms with Gasteiger partial charge in [0.25, 0.3) is 0 Å². The number of amides is 3. The van der Waals surface area contributed by atoms with Crippen LogP contribution in [0.4, 0.5) is 13.2 Å². The van der Waals surface area contributed by atoms with Gasteiger partial charge in [-0.2, -0.15) is 13.2 Å². The van der Waals surface area contributed by atoms with Gasteiger partial charge < -0.3 is 26.4 Å². The summed E-state index contributed by atoms with van der Waals surface area (Å²) in [7, 11) is 0. The van der Waals surface area contributed by atoms with Gasteiger partial charge in [0.15, 0.2) is 0 Å². The van der Waals surface area contributed by atoms with Crippen LogP contribution in [0.5, 0.6) is 5.75 Å². The van der Waals surface area contributed by atoms with Gasteiger partial charge in [0.2, 0.25) is 17.7 Å². The molecular formula is C31H35F3N4O4. The van der Waals surface area contributed by atoms with E-state index in [1.807, 2.05) is 37.3 Å². The fraction of sp³-hybridized carbons (Fsp3) is 0.323. The van der Waals surface area contributed by atoms with Gasteiger partial charge in [-0.1, -0.05) is 66.7 Å². The van der Waals surface area contributed by atoms with Crippen molar-refractivity contribution in [2.75, 3.05) is 19.7 Å². The predicted molar refractivity (Wildman–Crippen MR) is 152 cm³/mol. The highest BCUT2D eigenvalue weighted by Gasteiger charge is 2.32. The van der Waals surface area contributed by atoms with Crippen molar-refractivity contribution in [1.29, 1.82) is 0 Å². The van der Waals surface area contributed by atoms with E-state index in [1.165, 1.54) is 0 Å². The molecule has 3 rings (SSSR count). The number of rotatable bonds is 14. The van der Waals surface area contributed by atoms with Gasteiger partial charge in [-0.3, -0.25) is 14.4 Å². The number of halogens is 3. The van der Waals surface area contributed by atoms with Gasteiger partial charge in [-0.25, -0.2) is 0 Å². The van der Waals surface area contributed by atoms with Crippen molar-refractivity contribution in [3.63, 3.8) is 0 Å². The molecule has 2 atom stereocenters. The molecule has 3 amide bonds. The summed E-state index contributed by atoms with van der Waals surface area (Å²) in [5.41, 5.74) is 8.62. The maximum atomic E-state index is 13.4. The number of hydrogen-bond acceptors (Lipinski definition) is 5. The summed E-state index contributed by atoms with van der Waals surface area (Å²) in [6.07, 6.45) is -6.33. The van der Waals surface area contributed by atoms with E-state index in [1.54, 1.807) is 48.5 Å². The van der Waals surface area contributed by atoms with Crippen molar-refractivity contribution in [2.45, 2.75) is 44.4 Å². The van der Waals surface area contributed by atoms with Crippen LogP contribution in [-0.2, 0) is 27.5 Å². The van der Waals surface area contributed by atoms with E-state index in [2.05, 4.69) is 16.0 Å². The van der Waals surface area contributed by atoms with Crippen molar-refractivity contribution in [1.82, 2.24) is 16.0 Å². The number of benzene rings is 3. The average Bonchev–Trinajstić information content (AvgIpc) is 2.97. The maximum Gasteiger partial charge on any atom is 0.397 e. The third-order valence-electron chi connectivity index (χ3n) is 6.50. The number of hydrogen-bond donors (Lipinski definition) is 4. The van der Waals surface area contributed by atoms with Crippen LogP contribution in [-0.4, -0.2) is 43.6 Å². The largest absolute Gasteiger partial charge is 0.494 e. The van der Waals surface area contributed by atoms with Crippen LogP contribution in [0.25, 0.3) is 0 Å². The lowest BCUT2D eigenvalue weighted by Gasteiger charge is -2.22. The minimum Gasteiger partial charge on any atom is -0.494 e. The molecule has 0 aliphatic rings. The van der Waals surface area contributed by atoms with Crippen LogP contribution in [0.15, 0.2) is 78.9 Å². The quantitative estimate of drug-likeness (QED) is 0.229. The average molecular weight is 585 g/mol. The first-order valence-corrected chi connectivity index (χ1v) is 13.5. The number of nitrogens with two attached hydrogens (primary N) is 1. The van der Waals surface area contributed by atoms with E-state index in [4.69, 9.17) is 10.5 Å². The Morgan fingerprint density at radius 1 is 0.762 bits per heavy atom. The lowest BCUT2D eigenvalue weighted by molar-refractivity contribution is -0.153. The molecule has 42 heavy (non-hydrogen) atoms. The second kappa shape index (κ2) is 15.6. The molecule has 224 valence electrons. The summed E-state index contributed by atoms with van der Waals surface area (Å²) in [5, 5.41) is 7.88. The molecule has 11 heteroatoms. The van der Waals surface area contributed by atoms with Crippen LogP contribution in [0.2, 0.25) is 0 Å². The summed E-state index contributed by atoms with van der Waals surface area (Å²) >= 11 is 0. The Hall–Kier alpha value is -4.38. The molecule has 0 radical (unpaired) electrons. The molecule has 0 aliphatic heterocycles. The third kappa shape index (κ3) is 10.2. The van der Waals surface area contributed by atoms with Gasteiger partial charge in [-0.05, 0) is 41.3 Å². The van der Waals surface area contributed by atoms with Gasteiger partial charge in [0, 0.05) is 26.2 Å². The first kappa shape index (κ1) is 32.1. The Balaban J connectivity index is 1.74. The lowest BCUT2D eigenvalue weighted by atomic mass is 9.95. The number of alkyl halides is 3. The summed E-state index contributed by atoms with van der Waals surface area (Å²) < 4.78 is 43.5. The number of carbonyl (C=O) groups excluding carboxylic acids is 3. The zero-order chi connectivity index (χ0) is 30.5. The second-order valence-corrected chi connectivity index (χ2v) is 9.60. The number of carbonyl (C=O) groups is 3. The van der Waals surface area contributed by atoms with E-state index in [-0.39, 0.29) is 25.5 Å². The third-order valence-corrected chi connectivity index (χ3v) is 6.50. The molecule has 0 saturated heterocycles. The first-order valence-electron chi connectivity index (χ1n) is 13.5. The van der Waals surface area contributed by atoms with Crippen LogP contribution >= 0.6 is 0 Å². The molecular weight excluding hydrogens is 549 g/mol. The van der Waals surface area contributed by atoms with E-state index in [9.17, 15) is 27.6 Å². The normalized spacial score (nSPS) is 12.6. The number of nitrogens with one attached hydrogen (secondary N) is 3. The minimum absolute atomic E-state index is 0.0786. The summed E-state index contributed by atoms with van der Waals surface area (Å²) in [4.78, 5) is 38.6. The highest BCUT2D eigenvalue weighted by atomic mass is 19.4. The molecule has 0 fully saturated rings. The van der Waals surface area contributed by atoms with Crippen LogP contribution in [0, 0.1) is 0 Å². The Labute approximate surface area is 242 Å². The van der Waals surface area contributed by atoms with Gasteiger partial charge in [-0.15, -0.1) is 0 Å². The molecule has 5 N–H and O–H groups in total. The topological polar surface area (TPSA) is 123 Å². The van der Waals surface area contributed by atoms with Crippen LogP contribution in [0.1, 0.15) is 47.4 Å². The summed E-state index contributed by atoms with van der Waals surface area (Å²) in [5.74, 6) is -3.33. The molecule has 0 aromatic heterocycles. The highest BCUT2D eigenvalue weighted by Crippen LogP contribution is 2.23. The van der Waals surface area contributed by atoms with Crippen molar-refractivity contribution >= 4 is 17.7 Å². The Kier molecular flexibility index (Phi) is 11.9. The standard InChI is InChI=1S/C31H35F3N4O4/c1-2-42-25-14-12-24(13-15-25)26(19-36-28(39)16-31(32,33)34)30(41)38-20-27(23-6-4-3-5-7-23)29(40)37-18-22-10-8-21(17-35)9-11-22/h3-15,26-27H,2,16-20,35H2,1H3,(H,36,39)(H,37,40)(H,38,41)/t26-,27+/m1/s1. The van der Waals surface area contributed by atoms with Gasteiger partial charge in [0.05, 0.1) is 18.4 Å². The second-order valence-electron chi connectivity index (χ2n) is 9.60.